The van der Waals surface area contributed by atoms with Gasteiger partial charge >= 0.3 is 29.6 Å². The molecule has 0 saturated heterocycles. The van der Waals surface area contributed by atoms with Gasteiger partial charge in [0.05, 0.1) is 0 Å². The Bertz CT molecular complexity index is 318. The van der Waals surface area contributed by atoms with E-state index in [-0.39, 0.29) is 29.6 Å². The van der Waals surface area contributed by atoms with Gasteiger partial charge in [-0.25, -0.2) is 0 Å². The molecule has 0 heterocycles. The Morgan fingerprint density at radius 3 is 2.83 bits per heavy atom. The van der Waals surface area contributed by atoms with E-state index in [1.807, 2.05) is 0 Å². The van der Waals surface area contributed by atoms with Crippen LogP contribution in [0.4, 0.5) is 0 Å². The minimum Gasteiger partial charge on any atom is -0.0800 e. The van der Waals surface area contributed by atoms with Crippen molar-refractivity contribution in [2.24, 2.45) is 0 Å². The van der Waals surface area contributed by atoms with Gasteiger partial charge in [-0.05, 0) is 23.6 Å². The number of rotatable bonds is 0. The van der Waals surface area contributed by atoms with Crippen LogP contribution in [-0.4, -0.2) is 10.2 Å². The van der Waals surface area contributed by atoms with Crippen LogP contribution in [0, 0.1) is 6.92 Å². The molecule has 0 amide bonds. The summed E-state index contributed by atoms with van der Waals surface area (Å²) in [7, 11) is 3.63. The minimum absolute atomic E-state index is 0. The van der Waals surface area contributed by atoms with Crippen molar-refractivity contribution in [3.05, 3.63) is 41.0 Å². The van der Waals surface area contributed by atoms with Crippen molar-refractivity contribution in [1.29, 1.82) is 0 Å². The average Bonchev–Trinajstić information content (AvgIpc) is 2.33. The fourth-order valence-corrected chi connectivity index (χ4v) is 1.77. The standard InChI is InChI=1S/C10H9Si.Na/c1-7-2-3-8-4-5-10(11)9(8)6-7;/h2-6,10H,1H3;/q;+1. The van der Waals surface area contributed by atoms with E-state index in [9.17, 15) is 0 Å². The Labute approximate surface area is 98.8 Å². The SMILES string of the molecule is Cc1ccc2c(c1)C([Si])C=C2.[Na+]. The van der Waals surface area contributed by atoms with Crippen molar-refractivity contribution in [2.45, 2.75) is 12.5 Å². The number of hydrogen-bond donors (Lipinski definition) is 0. The first kappa shape index (κ1) is 10.3. The van der Waals surface area contributed by atoms with Crippen LogP contribution in [0.3, 0.4) is 0 Å². The van der Waals surface area contributed by atoms with Crippen LogP contribution >= 0.6 is 0 Å². The molecule has 1 aliphatic carbocycles. The van der Waals surface area contributed by atoms with Gasteiger partial charge in [0.2, 0.25) is 0 Å². The maximum absolute atomic E-state index is 3.63. The van der Waals surface area contributed by atoms with Crippen LogP contribution in [-0.2, 0) is 0 Å². The normalized spacial score (nSPS) is 18.7. The molecule has 0 saturated carbocycles. The van der Waals surface area contributed by atoms with Gasteiger partial charge < -0.3 is 0 Å². The molecule has 2 rings (SSSR count). The summed E-state index contributed by atoms with van der Waals surface area (Å²) in [4.78, 5) is 0. The summed E-state index contributed by atoms with van der Waals surface area (Å²) < 4.78 is 0. The molecule has 53 valence electrons. The maximum Gasteiger partial charge on any atom is 1.00 e. The predicted molar refractivity (Wildman–Crippen MR) is 48.7 cm³/mol. The van der Waals surface area contributed by atoms with Gasteiger partial charge in [-0.15, -0.1) is 0 Å². The van der Waals surface area contributed by atoms with Gasteiger partial charge in [0.15, 0.2) is 0 Å². The van der Waals surface area contributed by atoms with Crippen molar-refractivity contribution in [3.63, 3.8) is 0 Å². The van der Waals surface area contributed by atoms with Crippen molar-refractivity contribution >= 4 is 16.3 Å². The fraction of sp³-hybridized carbons (Fsp3) is 0.200. The molecule has 0 N–H and O–H groups in total. The van der Waals surface area contributed by atoms with Crippen LogP contribution in [0.15, 0.2) is 24.3 Å². The first-order valence-corrected chi connectivity index (χ1v) is 4.35. The van der Waals surface area contributed by atoms with Crippen LogP contribution in [0.5, 0.6) is 0 Å². The number of allylic oxidation sites excluding steroid dienone is 1. The third-order valence-electron chi connectivity index (χ3n) is 2.05. The average molecular weight is 180 g/mol. The predicted octanol–water partition coefficient (Wildman–Crippen LogP) is -0.765. The molecule has 0 aliphatic heterocycles. The zero-order valence-electron chi connectivity index (χ0n) is 7.46. The smallest absolute Gasteiger partial charge is 0.0800 e. The molecule has 0 nitrogen and oxygen atoms in total. The quantitative estimate of drug-likeness (QED) is 0.460. The summed E-state index contributed by atoms with van der Waals surface area (Å²) in [6.45, 7) is 2.12. The Hall–Kier alpha value is 0.177. The van der Waals surface area contributed by atoms with Crippen molar-refractivity contribution < 1.29 is 29.6 Å². The molecule has 1 aromatic carbocycles. The topological polar surface area (TPSA) is 0 Å². The van der Waals surface area contributed by atoms with E-state index in [4.69, 9.17) is 0 Å². The summed E-state index contributed by atoms with van der Waals surface area (Å²) >= 11 is 0. The van der Waals surface area contributed by atoms with E-state index < -0.39 is 0 Å². The zero-order chi connectivity index (χ0) is 7.84. The van der Waals surface area contributed by atoms with E-state index in [0.29, 0.717) is 5.54 Å². The van der Waals surface area contributed by atoms with Gasteiger partial charge in [-0.2, -0.15) is 0 Å². The number of benzene rings is 1. The summed E-state index contributed by atoms with van der Waals surface area (Å²) in [5, 5.41) is 0. The molecule has 12 heavy (non-hydrogen) atoms. The summed E-state index contributed by atoms with van der Waals surface area (Å²) in [5.74, 6) is 0. The molecule has 3 radical (unpaired) electrons. The Morgan fingerprint density at radius 2 is 2.08 bits per heavy atom. The van der Waals surface area contributed by atoms with Crippen LogP contribution in [0.2, 0.25) is 0 Å². The Balaban J connectivity index is 0.000000720. The van der Waals surface area contributed by atoms with Gasteiger partial charge in [0, 0.05) is 10.2 Å². The second-order valence-electron chi connectivity index (χ2n) is 2.97. The van der Waals surface area contributed by atoms with E-state index >= 15 is 0 Å². The monoisotopic (exact) mass is 180 g/mol. The minimum atomic E-state index is 0. The summed E-state index contributed by atoms with van der Waals surface area (Å²) in [6, 6.07) is 6.54. The molecular weight excluding hydrogens is 171 g/mol. The van der Waals surface area contributed by atoms with Crippen molar-refractivity contribution in [2.75, 3.05) is 0 Å². The maximum atomic E-state index is 3.63. The van der Waals surface area contributed by atoms with E-state index in [1.165, 1.54) is 16.7 Å². The fourth-order valence-electron chi connectivity index (χ4n) is 1.42. The molecule has 0 bridgehead atoms. The molecular formula is C10H9NaSi+. The Kier molecular flexibility index (Phi) is 3.35. The first-order chi connectivity index (χ1) is 5.27. The summed E-state index contributed by atoms with van der Waals surface area (Å²) in [6.07, 6.45) is 4.33. The van der Waals surface area contributed by atoms with Crippen LogP contribution in [0.25, 0.3) is 6.08 Å². The van der Waals surface area contributed by atoms with Gasteiger partial charge in [0.1, 0.15) is 0 Å². The second kappa shape index (κ2) is 3.92. The largest absolute Gasteiger partial charge is 1.00 e. The molecule has 2 heteroatoms. The first-order valence-electron chi connectivity index (χ1n) is 3.77. The van der Waals surface area contributed by atoms with E-state index in [2.05, 4.69) is 47.5 Å². The van der Waals surface area contributed by atoms with Crippen LogP contribution < -0.4 is 29.6 Å². The van der Waals surface area contributed by atoms with Gasteiger partial charge in [0.25, 0.3) is 0 Å². The third-order valence-corrected chi connectivity index (χ3v) is 2.55. The van der Waals surface area contributed by atoms with E-state index in [1.54, 1.807) is 0 Å². The van der Waals surface area contributed by atoms with Crippen molar-refractivity contribution in [3.8, 4) is 0 Å². The van der Waals surface area contributed by atoms with Crippen molar-refractivity contribution in [1.82, 2.24) is 0 Å². The molecule has 0 fully saturated rings. The molecule has 1 atom stereocenters. The number of fused-ring (bicyclic) bond motifs is 1. The number of aryl methyl sites for hydroxylation is 1. The molecule has 0 aromatic heterocycles. The van der Waals surface area contributed by atoms with E-state index in [0.717, 1.165) is 0 Å². The van der Waals surface area contributed by atoms with Gasteiger partial charge in [-0.3, -0.25) is 0 Å². The summed E-state index contributed by atoms with van der Waals surface area (Å²) in [5.41, 5.74) is 4.48. The third kappa shape index (κ3) is 1.74. The Morgan fingerprint density at radius 1 is 1.33 bits per heavy atom. The molecule has 1 aromatic rings. The molecule has 0 spiro atoms. The zero-order valence-corrected chi connectivity index (χ0v) is 10.5. The molecule has 1 unspecified atom stereocenters. The van der Waals surface area contributed by atoms with Crippen LogP contribution in [0.1, 0.15) is 22.2 Å². The van der Waals surface area contributed by atoms with Gasteiger partial charge in [-0.1, -0.05) is 35.9 Å². The second-order valence-corrected chi connectivity index (χ2v) is 3.59. The molecule has 1 aliphatic rings. The number of hydrogen-bond acceptors (Lipinski definition) is 0.